The number of ether oxygens (including phenoxy) is 3. The van der Waals surface area contributed by atoms with E-state index in [0.717, 1.165) is 44.2 Å². The fraction of sp³-hybridized carbons (Fsp3) is 0.381. The van der Waals surface area contributed by atoms with E-state index in [0.29, 0.717) is 17.2 Å². The molecule has 0 bridgehead atoms. The lowest BCUT2D eigenvalue weighted by Gasteiger charge is -2.31. The summed E-state index contributed by atoms with van der Waals surface area (Å²) in [6.07, 6.45) is 0.444. The topological polar surface area (TPSA) is 56.8 Å². The van der Waals surface area contributed by atoms with E-state index in [1.807, 2.05) is 0 Å². The van der Waals surface area contributed by atoms with Crippen LogP contribution in [0, 0.1) is 0 Å². The third-order valence-corrected chi connectivity index (χ3v) is 4.97. The summed E-state index contributed by atoms with van der Waals surface area (Å²) >= 11 is 0. The van der Waals surface area contributed by atoms with Crippen LogP contribution in [0.4, 0.5) is 18.9 Å². The molecule has 1 fully saturated rings. The van der Waals surface area contributed by atoms with Crippen LogP contribution in [0.3, 0.4) is 0 Å². The molecule has 5 nitrogen and oxygen atoms in total. The van der Waals surface area contributed by atoms with Gasteiger partial charge >= 0.3 is 6.18 Å². The first kappa shape index (κ1) is 19.4. The highest BCUT2D eigenvalue weighted by Crippen LogP contribution is 2.46. The molecule has 4 rings (SSSR count). The maximum absolute atomic E-state index is 12.7. The van der Waals surface area contributed by atoms with Crippen molar-refractivity contribution in [1.82, 2.24) is 0 Å². The third-order valence-electron chi connectivity index (χ3n) is 4.97. The second kappa shape index (κ2) is 7.50. The van der Waals surface area contributed by atoms with Crippen LogP contribution >= 0.6 is 0 Å². The predicted molar refractivity (Wildman–Crippen MR) is 99.1 cm³/mol. The molecule has 1 aliphatic heterocycles. The van der Waals surface area contributed by atoms with Crippen molar-refractivity contribution in [2.24, 2.45) is 0 Å². The number of amides is 1. The lowest BCUT2D eigenvalue weighted by molar-refractivity contribution is -0.137. The highest BCUT2D eigenvalue weighted by Gasteiger charge is 2.42. The fourth-order valence-electron chi connectivity index (χ4n) is 3.57. The Morgan fingerprint density at radius 2 is 1.79 bits per heavy atom. The van der Waals surface area contributed by atoms with Gasteiger partial charge in [0, 0.05) is 24.6 Å². The van der Waals surface area contributed by atoms with Crippen LogP contribution in [0.5, 0.6) is 17.2 Å². The van der Waals surface area contributed by atoms with E-state index in [-0.39, 0.29) is 5.75 Å². The Labute approximate surface area is 165 Å². The summed E-state index contributed by atoms with van der Waals surface area (Å²) in [4.78, 5) is 12.1. The van der Waals surface area contributed by atoms with Gasteiger partial charge in [-0.1, -0.05) is 12.5 Å². The number of hydrogen-bond donors (Lipinski definition) is 1. The minimum Gasteiger partial charge on any atom is -0.484 e. The van der Waals surface area contributed by atoms with Gasteiger partial charge in [-0.3, -0.25) is 4.79 Å². The molecule has 29 heavy (non-hydrogen) atoms. The van der Waals surface area contributed by atoms with Gasteiger partial charge in [-0.25, -0.2) is 0 Å². The molecule has 1 N–H and O–H groups in total. The molecule has 8 heteroatoms. The van der Waals surface area contributed by atoms with E-state index < -0.39 is 30.0 Å². The minimum atomic E-state index is -4.47. The van der Waals surface area contributed by atoms with Crippen LogP contribution in [-0.4, -0.2) is 18.3 Å². The number of nitrogens with one attached hydrogen (secondary N) is 1. The molecule has 1 amide bonds. The Kier molecular flexibility index (Phi) is 5.02. The fourth-order valence-corrected chi connectivity index (χ4v) is 3.57. The van der Waals surface area contributed by atoms with E-state index in [1.54, 1.807) is 18.2 Å². The zero-order chi connectivity index (χ0) is 20.5. The molecule has 2 aromatic rings. The highest BCUT2D eigenvalue weighted by molar-refractivity contribution is 5.92. The predicted octanol–water partition coefficient (Wildman–Crippen LogP) is 5.15. The summed E-state index contributed by atoms with van der Waals surface area (Å²) in [5.41, 5.74) is -0.333. The molecule has 1 heterocycles. The number of fused-ring (bicyclic) bond motifs is 1. The maximum Gasteiger partial charge on any atom is 0.416 e. The van der Waals surface area contributed by atoms with Crippen molar-refractivity contribution in [2.75, 3.05) is 11.9 Å². The first-order chi connectivity index (χ1) is 13.8. The highest BCUT2D eigenvalue weighted by atomic mass is 19.4. The van der Waals surface area contributed by atoms with Crippen molar-refractivity contribution >= 4 is 11.6 Å². The first-order valence-electron chi connectivity index (χ1n) is 9.45. The number of halogens is 3. The lowest BCUT2D eigenvalue weighted by atomic mass is 9.94. The number of hydrogen-bond acceptors (Lipinski definition) is 4. The van der Waals surface area contributed by atoms with Gasteiger partial charge in [0.2, 0.25) is 0 Å². The monoisotopic (exact) mass is 407 g/mol. The van der Waals surface area contributed by atoms with Crippen LogP contribution in [0.25, 0.3) is 0 Å². The SMILES string of the molecule is O=C(COc1cccc(C(F)(F)F)c1)Nc1ccc2c(c1)OC1(CCCCC1)O2. The van der Waals surface area contributed by atoms with Crippen molar-refractivity contribution in [3.63, 3.8) is 0 Å². The number of carbonyl (C=O) groups is 1. The van der Waals surface area contributed by atoms with Gasteiger partial charge in [0.15, 0.2) is 18.1 Å². The summed E-state index contributed by atoms with van der Waals surface area (Å²) in [5, 5.41) is 2.66. The maximum atomic E-state index is 12.7. The van der Waals surface area contributed by atoms with Gasteiger partial charge < -0.3 is 19.5 Å². The van der Waals surface area contributed by atoms with Crippen molar-refractivity contribution in [2.45, 2.75) is 44.1 Å². The van der Waals surface area contributed by atoms with Gasteiger partial charge in [-0.05, 0) is 43.2 Å². The summed E-state index contributed by atoms with van der Waals surface area (Å²) in [7, 11) is 0. The Balaban J connectivity index is 1.35. The molecular weight excluding hydrogens is 387 g/mol. The number of alkyl halides is 3. The second-order valence-electron chi connectivity index (χ2n) is 7.20. The van der Waals surface area contributed by atoms with Gasteiger partial charge in [0.25, 0.3) is 11.7 Å². The van der Waals surface area contributed by atoms with Crippen LogP contribution < -0.4 is 19.5 Å². The molecular formula is C21H20F3NO4. The van der Waals surface area contributed by atoms with E-state index in [1.165, 1.54) is 12.1 Å². The number of benzene rings is 2. The molecule has 0 saturated heterocycles. The van der Waals surface area contributed by atoms with Crippen LogP contribution in [-0.2, 0) is 11.0 Å². The van der Waals surface area contributed by atoms with E-state index in [4.69, 9.17) is 14.2 Å². The Hall–Kier alpha value is -2.90. The molecule has 0 radical (unpaired) electrons. The average molecular weight is 407 g/mol. The van der Waals surface area contributed by atoms with Crippen LogP contribution in [0.15, 0.2) is 42.5 Å². The zero-order valence-electron chi connectivity index (χ0n) is 15.6. The molecule has 0 unspecified atom stereocenters. The molecule has 154 valence electrons. The van der Waals surface area contributed by atoms with Crippen LogP contribution in [0.1, 0.15) is 37.7 Å². The summed E-state index contributed by atoms with van der Waals surface area (Å²) in [6.45, 7) is -0.417. The van der Waals surface area contributed by atoms with E-state index >= 15 is 0 Å². The molecule has 1 aliphatic carbocycles. The number of carbonyl (C=O) groups excluding carboxylic acids is 1. The number of rotatable bonds is 4. The normalized spacial score (nSPS) is 17.2. The Bertz CT molecular complexity index is 907. The first-order valence-corrected chi connectivity index (χ1v) is 9.45. The average Bonchev–Trinajstić information content (AvgIpc) is 3.03. The van der Waals surface area contributed by atoms with Crippen molar-refractivity contribution < 1.29 is 32.2 Å². The van der Waals surface area contributed by atoms with Crippen molar-refractivity contribution in [1.29, 1.82) is 0 Å². The Morgan fingerprint density at radius 1 is 1.03 bits per heavy atom. The molecule has 1 spiro atoms. The third kappa shape index (κ3) is 4.41. The van der Waals surface area contributed by atoms with Gasteiger partial charge in [-0.2, -0.15) is 13.2 Å². The number of anilines is 1. The minimum absolute atomic E-state index is 0.0279. The molecule has 0 aromatic heterocycles. The quantitative estimate of drug-likeness (QED) is 0.761. The standard InChI is InChI=1S/C21H20F3NO4/c22-21(23,24)14-5-4-6-16(11-14)27-13-19(26)25-15-7-8-17-18(12-15)29-20(28-17)9-2-1-3-10-20/h4-8,11-12H,1-3,9-10,13H2,(H,25,26). The summed E-state index contributed by atoms with van der Waals surface area (Å²) in [5.74, 6) is 0.0951. The van der Waals surface area contributed by atoms with Crippen molar-refractivity contribution in [3.05, 3.63) is 48.0 Å². The molecule has 0 atom stereocenters. The van der Waals surface area contributed by atoms with Gasteiger partial charge in [0.1, 0.15) is 5.75 Å². The largest absolute Gasteiger partial charge is 0.484 e. The zero-order valence-corrected chi connectivity index (χ0v) is 15.6. The van der Waals surface area contributed by atoms with Gasteiger partial charge in [0.05, 0.1) is 5.56 Å². The van der Waals surface area contributed by atoms with E-state index in [2.05, 4.69) is 5.32 Å². The van der Waals surface area contributed by atoms with Gasteiger partial charge in [-0.15, -0.1) is 0 Å². The Morgan fingerprint density at radius 3 is 2.55 bits per heavy atom. The summed E-state index contributed by atoms with van der Waals surface area (Å²) < 4.78 is 55.4. The van der Waals surface area contributed by atoms with Crippen molar-refractivity contribution in [3.8, 4) is 17.2 Å². The molecule has 1 saturated carbocycles. The summed E-state index contributed by atoms with van der Waals surface area (Å²) in [6, 6.07) is 9.51. The second-order valence-corrected chi connectivity index (χ2v) is 7.20. The molecule has 2 aliphatic rings. The van der Waals surface area contributed by atoms with E-state index in [9.17, 15) is 18.0 Å². The molecule has 2 aromatic carbocycles. The smallest absolute Gasteiger partial charge is 0.416 e. The lowest BCUT2D eigenvalue weighted by Crippen LogP contribution is -2.40. The van der Waals surface area contributed by atoms with Crippen LogP contribution in [0.2, 0.25) is 0 Å².